The Morgan fingerprint density at radius 3 is 2.28 bits per heavy atom. The normalized spacial score (nSPS) is 10.4. The Labute approximate surface area is 143 Å². The number of carbonyl (C=O) groups excluding carboxylic acids is 2. The van der Waals surface area contributed by atoms with E-state index in [0.717, 1.165) is 0 Å². The third kappa shape index (κ3) is 5.28. The summed E-state index contributed by atoms with van der Waals surface area (Å²) in [5.41, 5.74) is 1.12. The van der Waals surface area contributed by atoms with E-state index >= 15 is 0 Å². The van der Waals surface area contributed by atoms with Gasteiger partial charge >= 0.3 is 5.97 Å². The van der Waals surface area contributed by atoms with Crippen molar-refractivity contribution in [3.63, 3.8) is 0 Å². The summed E-state index contributed by atoms with van der Waals surface area (Å²) in [5.74, 6) is -0.273. The first-order chi connectivity index (χ1) is 12.0. The van der Waals surface area contributed by atoms with Gasteiger partial charge in [0.2, 0.25) is 0 Å². The number of rotatable bonds is 7. The van der Waals surface area contributed by atoms with Crippen molar-refractivity contribution in [2.24, 2.45) is 0 Å². The number of hydrogen-bond acceptors (Lipinski definition) is 6. The highest BCUT2D eigenvalue weighted by molar-refractivity contribution is 6.06. The highest BCUT2D eigenvalue weighted by Crippen LogP contribution is 2.15. The van der Waals surface area contributed by atoms with Crippen LogP contribution in [0.15, 0.2) is 54.6 Å². The lowest BCUT2D eigenvalue weighted by molar-refractivity contribution is -0.384. The SMILES string of the molecule is COC(=O)COc1ccc(C(=O)C=Cc2ccc([N+](=O)[O-])cc2)cc1. The van der Waals surface area contributed by atoms with Gasteiger partial charge in [-0.2, -0.15) is 0 Å². The Bertz CT molecular complexity index is 793. The predicted octanol–water partition coefficient (Wildman–Crippen LogP) is 3.04. The summed E-state index contributed by atoms with van der Waals surface area (Å²) in [6.07, 6.45) is 2.96. The van der Waals surface area contributed by atoms with Crippen molar-refractivity contribution in [3.8, 4) is 5.75 Å². The predicted molar refractivity (Wildman–Crippen MR) is 90.4 cm³/mol. The molecule has 2 aromatic rings. The van der Waals surface area contributed by atoms with Gasteiger partial charge in [0.1, 0.15) is 5.75 Å². The number of esters is 1. The number of nitrogens with zero attached hydrogens (tertiary/aromatic N) is 1. The Morgan fingerprint density at radius 1 is 1.08 bits per heavy atom. The van der Waals surface area contributed by atoms with Gasteiger partial charge in [0, 0.05) is 17.7 Å². The van der Waals surface area contributed by atoms with E-state index in [1.165, 1.54) is 25.3 Å². The molecule has 7 nitrogen and oxygen atoms in total. The summed E-state index contributed by atoms with van der Waals surface area (Å²) >= 11 is 0. The van der Waals surface area contributed by atoms with Gasteiger partial charge in [-0.1, -0.05) is 6.08 Å². The highest BCUT2D eigenvalue weighted by atomic mass is 16.6. The third-order valence-electron chi connectivity index (χ3n) is 3.25. The number of non-ortho nitro benzene ring substituents is 1. The molecule has 0 radical (unpaired) electrons. The Balaban J connectivity index is 1.98. The third-order valence-corrected chi connectivity index (χ3v) is 3.25. The molecule has 0 heterocycles. The lowest BCUT2D eigenvalue weighted by Crippen LogP contribution is -2.12. The second-order valence-electron chi connectivity index (χ2n) is 4.94. The summed E-state index contributed by atoms with van der Waals surface area (Å²) in [5, 5.41) is 10.6. The van der Waals surface area contributed by atoms with Gasteiger partial charge in [0.25, 0.3) is 5.69 Å². The monoisotopic (exact) mass is 341 g/mol. The molecule has 0 fully saturated rings. The molecule has 0 spiro atoms. The molecule has 0 amide bonds. The van der Waals surface area contributed by atoms with E-state index in [2.05, 4.69) is 4.74 Å². The van der Waals surface area contributed by atoms with Crippen LogP contribution in [0.5, 0.6) is 5.75 Å². The van der Waals surface area contributed by atoms with Crippen molar-refractivity contribution in [2.75, 3.05) is 13.7 Å². The van der Waals surface area contributed by atoms with Crippen molar-refractivity contribution < 1.29 is 24.0 Å². The number of ether oxygens (including phenoxy) is 2. The minimum atomic E-state index is -0.494. The molecule has 2 rings (SSSR count). The summed E-state index contributed by atoms with van der Waals surface area (Å²) in [6, 6.07) is 12.2. The number of carbonyl (C=O) groups is 2. The molecule has 7 heteroatoms. The Kier molecular flexibility index (Phi) is 6.00. The van der Waals surface area contributed by atoms with Crippen molar-refractivity contribution in [3.05, 3.63) is 75.8 Å². The van der Waals surface area contributed by atoms with Crippen molar-refractivity contribution in [1.29, 1.82) is 0 Å². The van der Waals surface area contributed by atoms with E-state index in [-0.39, 0.29) is 18.1 Å². The van der Waals surface area contributed by atoms with Crippen molar-refractivity contribution >= 4 is 23.5 Å². The van der Waals surface area contributed by atoms with Crippen LogP contribution < -0.4 is 4.74 Å². The quantitative estimate of drug-likeness (QED) is 0.252. The van der Waals surface area contributed by atoms with Crippen LogP contribution in [0.4, 0.5) is 5.69 Å². The average Bonchev–Trinajstić information content (AvgIpc) is 2.64. The first-order valence-corrected chi connectivity index (χ1v) is 7.26. The number of benzene rings is 2. The number of nitro groups is 1. The number of hydrogen-bond donors (Lipinski definition) is 0. The molecule has 0 atom stereocenters. The minimum absolute atomic E-state index is 0.00831. The molecular formula is C18H15NO6. The molecule has 0 aromatic heterocycles. The maximum atomic E-state index is 12.1. The van der Waals surface area contributed by atoms with Crippen LogP contribution in [0.1, 0.15) is 15.9 Å². The fourth-order valence-corrected chi connectivity index (χ4v) is 1.89. The van der Waals surface area contributed by atoms with Gasteiger partial charge in [-0.15, -0.1) is 0 Å². The van der Waals surface area contributed by atoms with Crippen LogP contribution in [0, 0.1) is 10.1 Å². The van der Waals surface area contributed by atoms with Crippen LogP contribution in [-0.4, -0.2) is 30.4 Å². The van der Waals surface area contributed by atoms with E-state index in [4.69, 9.17) is 4.74 Å². The van der Waals surface area contributed by atoms with Gasteiger partial charge in [-0.25, -0.2) is 4.79 Å². The van der Waals surface area contributed by atoms with E-state index in [1.54, 1.807) is 42.5 Å². The zero-order valence-electron chi connectivity index (χ0n) is 13.4. The van der Waals surface area contributed by atoms with Crippen molar-refractivity contribution in [1.82, 2.24) is 0 Å². The number of nitro benzene ring substituents is 1. The lowest BCUT2D eigenvalue weighted by atomic mass is 10.1. The van der Waals surface area contributed by atoms with E-state index in [0.29, 0.717) is 16.9 Å². The van der Waals surface area contributed by atoms with Crippen LogP contribution in [0.3, 0.4) is 0 Å². The summed E-state index contributed by atoms with van der Waals surface area (Å²) < 4.78 is 9.66. The maximum absolute atomic E-state index is 12.1. The zero-order valence-corrected chi connectivity index (χ0v) is 13.4. The molecule has 2 aromatic carbocycles. The van der Waals surface area contributed by atoms with Crippen LogP contribution >= 0.6 is 0 Å². The second-order valence-corrected chi connectivity index (χ2v) is 4.94. The van der Waals surface area contributed by atoms with Crippen LogP contribution in [-0.2, 0) is 9.53 Å². The van der Waals surface area contributed by atoms with Crippen LogP contribution in [0.2, 0.25) is 0 Å². The first-order valence-electron chi connectivity index (χ1n) is 7.26. The fraction of sp³-hybridized carbons (Fsp3) is 0.111. The lowest BCUT2D eigenvalue weighted by Gasteiger charge is -2.04. The fourth-order valence-electron chi connectivity index (χ4n) is 1.89. The molecular weight excluding hydrogens is 326 g/mol. The Hall–Kier alpha value is -3.48. The second kappa shape index (κ2) is 8.39. The molecule has 25 heavy (non-hydrogen) atoms. The maximum Gasteiger partial charge on any atom is 0.343 e. The number of ketones is 1. The van der Waals surface area contributed by atoms with Gasteiger partial charge in [-0.3, -0.25) is 14.9 Å². The summed E-state index contributed by atoms with van der Waals surface area (Å²) in [7, 11) is 1.27. The molecule has 0 N–H and O–H groups in total. The van der Waals surface area contributed by atoms with Gasteiger partial charge in [-0.05, 0) is 48.0 Å². The van der Waals surface area contributed by atoms with Gasteiger partial charge in [0.15, 0.2) is 12.4 Å². The molecule has 0 saturated carbocycles. The summed E-state index contributed by atoms with van der Waals surface area (Å²) in [6.45, 7) is -0.205. The zero-order chi connectivity index (χ0) is 18.2. The first kappa shape index (κ1) is 17.9. The molecule has 0 saturated heterocycles. The van der Waals surface area contributed by atoms with Gasteiger partial charge < -0.3 is 9.47 Å². The van der Waals surface area contributed by atoms with Gasteiger partial charge in [0.05, 0.1) is 12.0 Å². The standard InChI is InChI=1S/C18H15NO6/c1-24-18(21)12-25-16-9-5-14(6-10-16)17(20)11-4-13-2-7-15(8-3-13)19(22)23/h2-11H,12H2,1H3. The topological polar surface area (TPSA) is 95.7 Å². The molecule has 0 aliphatic rings. The van der Waals surface area contributed by atoms with Crippen molar-refractivity contribution in [2.45, 2.75) is 0 Å². The van der Waals surface area contributed by atoms with E-state index in [1.807, 2.05) is 0 Å². The average molecular weight is 341 g/mol. The Morgan fingerprint density at radius 2 is 1.72 bits per heavy atom. The molecule has 0 bridgehead atoms. The number of methoxy groups -OCH3 is 1. The smallest absolute Gasteiger partial charge is 0.343 e. The van der Waals surface area contributed by atoms with Crippen LogP contribution in [0.25, 0.3) is 6.08 Å². The minimum Gasteiger partial charge on any atom is -0.482 e. The van der Waals surface area contributed by atoms with E-state index in [9.17, 15) is 19.7 Å². The number of allylic oxidation sites excluding steroid dienone is 1. The highest BCUT2D eigenvalue weighted by Gasteiger charge is 2.05. The summed E-state index contributed by atoms with van der Waals surface area (Å²) in [4.78, 5) is 33.2. The molecule has 0 aliphatic carbocycles. The largest absolute Gasteiger partial charge is 0.482 e. The molecule has 128 valence electrons. The van der Waals surface area contributed by atoms with E-state index < -0.39 is 10.9 Å². The molecule has 0 unspecified atom stereocenters. The molecule has 0 aliphatic heterocycles.